The normalized spacial score (nSPS) is 15.5. The van der Waals surface area contributed by atoms with E-state index in [-0.39, 0.29) is 11.3 Å². The van der Waals surface area contributed by atoms with Crippen LogP contribution in [0.2, 0.25) is 0 Å². The van der Waals surface area contributed by atoms with Crippen LogP contribution in [0.1, 0.15) is 37.0 Å². The number of ether oxygens (including phenoxy) is 2. The summed E-state index contributed by atoms with van der Waals surface area (Å²) in [6, 6.07) is 2.71. The second-order valence-corrected chi connectivity index (χ2v) is 6.04. The Morgan fingerprint density at radius 1 is 1.22 bits per heavy atom. The van der Waals surface area contributed by atoms with Gasteiger partial charge in [0.25, 0.3) is 5.91 Å². The summed E-state index contributed by atoms with van der Waals surface area (Å²) in [6.45, 7) is 2.23. The van der Waals surface area contributed by atoms with Crippen LogP contribution in [0.4, 0.5) is 9.18 Å². The summed E-state index contributed by atoms with van der Waals surface area (Å²) >= 11 is 0. The number of benzene rings is 1. The van der Waals surface area contributed by atoms with E-state index < -0.39 is 48.2 Å². The highest BCUT2D eigenvalue weighted by atomic mass is 19.1. The van der Waals surface area contributed by atoms with E-state index in [2.05, 4.69) is 5.32 Å². The third-order valence-electron chi connectivity index (χ3n) is 4.57. The van der Waals surface area contributed by atoms with Crippen molar-refractivity contribution in [3.63, 3.8) is 0 Å². The molecule has 0 unspecified atom stereocenters. The number of methoxy groups -OCH3 is 1. The van der Waals surface area contributed by atoms with Crippen LogP contribution in [0.3, 0.4) is 0 Å². The molecule has 1 N–H and O–H groups in total. The van der Waals surface area contributed by atoms with Gasteiger partial charge in [-0.15, -0.1) is 0 Å². The van der Waals surface area contributed by atoms with Gasteiger partial charge in [-0.1, -0.05) is 13.8 Å². The van der Waals surface area contributed by atoms with Gasteiger partial charge in [-0.25, -0.2) is 9.18 Å². The Labute approximate surface area is 155 Å². The SMILES string of the molecule is CCC1(CC)NC(=O)N(CC(=O)OCC(=O)c2cc(F)ccc2OC)C1=O. The molecule has 1 aromatic rings. The van der Waals surface area contributed by atoms with Crippen LogP contribution in [0.25, 0.3) is 0 Å². The summed E-state index contributed by atoms with van der Waals surface area (Å²) in [4.78, 5) is 49.3. The van der Waals surface area contributed by atoms with Gasteiger partial charge in [-0.2, -0.15) is 0 Å². The molecule has 8 nitrogen and oxygen atoms in total. The van der Waals surface area contributed by atoms with E-state index >= 15 is 0 Å². The number of rotatable bonds is 8. The minimum atomic E-state index is -1.03. The van der Waals surface area contributed by atoms with E-state index in [0.717, 1.165) is 17.0 Å². The molecule has 0 bridgehead atoms. The largest absolute Gasteiger partial charge is 0.496 e. The van der Waals surface area contributed by atoms with Gasteiger partial charge in [0.15, 0.2) is 6.61 Å². The molecule has 9 heteroatoms. The predicted octanol–water partition coefficient (Wildman–Crippen LogP) is 1.67. The van der Waals surface area contributed by atoms with E-state index in [9.17, 15) is 23.6 Å². The molecule has 0 radical (unpaired) electrons. The standard InChI is InChI=1S/C18H21FN2O6/c1-4-18(5-2)16(24)21(17(25)20-18)9-15(23)27-10-13(22)12-8-11(19)6-7-14(12)26-3/h6-8H,4-5,9-10H2,1-3H3,(H,20,25). The number of Topliss-reactive ketones (excluding diaryl/α,β-unsaturated/α-hetero) is 1. The van der Waals surface area contributed by atoms with Crippen LogP contribution in [0, 0.1) is 5.82 Å². The average molecular weight is 380 g/mol. The van der Waals surface area contributed by atoms with E-state index in [4.69, 9.17) is 9.47 Å². The first kappa shape index (κ1) is 20.3. The lowest BCUT2D eigenvalue weighted by molar-refractivity contribution is -0.146. The lowest BCUT2D eigenvalue weighted by Gasteiger charge is -2.22. The Hall–Kier alpha value is -2.97. The van der Waals surface area contributed by atoms with Crippen LogP contribution >= 0.6 is 0 Å². The number of esters is 1. The van der Waals surface area contributed by atoms with Gasteiger partial charge in [0, 0.05) is 0 Å². The third kappa shape index (κ3) is 4.07. The fraction of sp³-hybridized carbons (Fsp3) is 0.444. The second-order valence-electron chi connectivity index (χ2n) is 6.04. The lowest BCUT2D eigenvalue weighted by atomic mass is 9.93. The fourth-order valence-electron chi connectivity index (χ4n) is 2.85. The van der Waals surface area contributed by atoms with E-state index in [1.54, 1.807) is 13.8 Å². The summed E-state index contributed by atoms with van der Waals surface area (Å²) in [5.41, 5.74) is -1.10. The Balaban J connectivity index is 1.99. The highest BCUT2D eigenvalue weighted by molar-refractivity contribution is 6.08. The van der Waals surface area contributed by atoms with Crippen molar-refractivity contribution in [3.05, 3.63) is 29.6 Å². The number of hydrogen-bond acceptors (Lipinski definition) is 6. The number of carbonyl (C=O) groups excluding carboxylic acids is 4. The van der Waals surface area contributed by atoms with Gasteiger partial charge in [-0.05, 0) is 31.0 Å². The summed E-state index contributed by atoms with van der Waals surface area (Å²) in [5, 5.41) is 2.59. The maximum atomic E-state index is 13.3. The highest BCUT2D eigenvalue weighted by Crippen LogP contribution is 2.25. The number of urea groups is 1. The number of amides is 3. The number of carbonyl (C=O) groups is 4. The van der Waals surface area contributed by atoms with E-state index in [1.807, 2.05) is 0 Å². The van der Waals surface area contributed by atoms with Gasteiger partial charge < -0.3 is 14.8 Å². The van der Waals surface area contributed by atoms with Gasteiger partial charge in [0.2, 0.25) is 5.78 Å². The minimum Gasteiger partial charge on any atom is -0.496 e. The van der Waals surface area contributed by atoms with E-state index in [0.29, 0.717) is 12.8 Å². The number of hydrogen-bond donors (Lipinski definition) is 1. The van der Waals surface area contributed by atoms with Crippen LogP contribution in [-0.2, 0) is 14.3 Å². The molecule has 0 aliphatic carbocycles. The lowest BCUT2D eigenvalue weighted by Crippen LogP contribution is -2.46. The van der Waals surface area contributed by atoms with Crippen LogP contribution in [-0.4, -0.2) is 54.4 Å². The smallest absolute Gasteiger partial charge is 0.326 e. The Morgan fingerprint density at radius 3 is 2.44 bits per heavy atom. The molecule has 3 amide bonds. The molecule has 1 heterocycles. The molecule has 1 aromatic carbocycles. The van der Waals surface area contributed by atoms with Crippen molar-refractivity contribution in [2.24, 2.45) is 0 Å². The minimum absolute atomic E-state index is 0.0729. The summed E-state index contributed by atoms with van der Waals surface area (Å²) in [7, 11) is 1.32. The summed E-state index contributed by atoms with van der Waals surface area (Å²) in [5.74, 6) is -2.60. The van der Waals surface area contributed by atoms with Crippen LogP contribution in [0.15, 0.2) is 18.2 Å². The molecule has 0 atom stereocenters. The monoisotopic (exact) mass is 380 g/mol. The van der Waals surface area contributed by atoms with Gasteiger partial charge in [0.05, 0.1) is 12.7 Å². The zero-order chi connectivity index (χ0) is 20.2. The van der Waals surface area contributed by atoms with Crippen molar-refractivity contribution in [1.82, 2.24) is 10.2 Å². The molecule has 2 rings (SSSR count). The summed E-state index contributed by atoms with van der Waals surface area (Å²) in [6.07, 6.45) is 0.773. The quantitative estimate of drug-likeness (QED) is 0.418. The number of ketones is 1. The molecule has 0 saturated carbocycles. The molecule has 27 heavy (non-hydrogen) atoms. The maximum Gasteiger partial charge on any atom is 0.326 e. The van der Waals surface area contributed by atoms with Crippen LogP contribution < -0.4 is 10.1 Å². The molecule has 0 aromatic heterocycles. The Kier molecular flexibility index (Phi) is 6.14. The van der Waals surface area contributed by atoms with E-state index in [1.165, 1.54) is 13.2 Å². The number of nitrogens with zero attached hydrogens (tertiary/aromatic N) is 1. The van der Waals surface area contributed by atoms with Crippen molar-refractivity contribution >= 4 is 23.7 Å². The molecule has 1 aliphatic rings. The van der Waals surface area contributed by atoms with Crippen molar-refractivity contribution in [2.75, 3.05) is 20.3 Å². The molecule has 1 aliphatic heterocycles. The predicted molar refractivity (Wildman–Crippen MR) is 91.8 cm³/mol. The molecule has 146 valence electrons. The first-order chi connectivity index (χ1) is 12.8. The first-order valence-electron chi connectivity index (χ1n) is 8.44. The molecule has 1 fully saturated rings. The molecule has 1 saturated heterocycles. The fourth-order valence-corrected chi connectivity index (χ4v) is 2.85. The first-order valence-corrected chi connectivity index (χ1v) is 8.44. The zero-order valence-corrected chi connectivity index (χ0v) is 15.3. The topological polar surface area (TPSA) is 102 Å². The summed E-state index contributed by atoms with van der Waals surface area (Å²) < 4.78 is 23.2. The van der Waals surface area contributed by atoms with Crippen molar-refractivity contribution in [3.8, 4) is 5.75 Å². The number of halogens is 1. The zero-order valence-electron chi connectivity index (χ0n) is 15.3. The van der Waals surface area contributed by atoms with Crippen molar-refractivity contribution in [2.45, 2.75) is 32.2 Å². The molecular formula is C18H21FN2O6. The van der Waals surface area contributed by atoms with Gasteiger partial charge in [0.1, 0.15) is 23.7 Å². The molecule has 0 spiro atoms. The maximum absolute atomic E-state index is 13.3. The number of nitrogens with one attached hydrogen (secondary N) is 1. The van der Waals surface area contributed by atoms with Crippen molar-refractivity contribution < 1.29 is 33.0 Å². The van der Waals surface area contributed by atoms with Gasteiger partial charge >= 0.3 is 12.0 Å². The van der Waals surface area contributed by atoms with Gasteiger partial charge in [-0.3, -0.25) is 19.3 Å². The Morgan fingerprint density at radius 2 is 1.89 bits per heavy atom. The highest BCUT2D eigenvalue weighted by Gasteiger charge is 2.49. The van der Waals surface area contributed by atoms with Crippen LogP contribution in [0.5, 0.6) is 5.75 Å². The third-order valence-corrected chi connectivity index (χ3v) is 4.57. The van der Waals surface area contributed by atoms with Crippen molar-refractivity contribution in [1.29, 1.82) is 0 Å². The Bertz CT molecular complexity index is 775. The number of imide groups is 1. The second kappa shape index (κ2) is 8.15. The molecular weight excluding hydrogens is 359 g/mol. The average Bonchev–Trinajstić information content (AvgIpc) is 2.90.